The second-order valence-corrected chi connectivity index (χ2v) is 6.79. The van der Waals surface area contributed by atoms with Gasteiger partial charge in [-0.15, -0.1) is 0 Å². The summed E-state index contributed by atoms with van der Waals surface area (Å²) in [6, 6.07) is 11.4. The number of hydrogen-bond acceptors (Lipinski definition) is 5. The summed E-state index contributed by atoms with van der Waals surface area (Å²) in [5, 5.41) is 7.93. The van der Waals surface area contributed by atoms with Gasteiger partial charge in [0.05, 0.1) is 23.6 Å². The third-order valence-electron chi connectivity index (χ3n) is 4.64. The standard InChI is InChI=1S/C19H25N5O2/c1-15-8-7-11-23(16-9-5-4-6-10-16)24(15)19(26)14-22-18(25)12-17(13-20-22)21(2)3/h4-6,9-10,12-13,15H,7-8,11,14H2,1-3H3/t15-/m1/s1. The molecule has 0 saturated carbocycles. The number of nitrogens with zero attached hydrogens (tertiary/aromatic N) is 5. The number of anilines is 2. The molecule has 26 heavy (non-hydrogen) atoms. The van der Waals surface area contributed by atoms with E-state index in [1.165, 1.54) is 10.7 Å². The van der Waals surface area contributed by atoms with Crippen molar-refractivity contribution in [3.63, 3.8) is 0 Å². The molecule has 1 aliphatic rings. The van der Waals surface area contributed by atoms with Crippen LogP contribution in [0.3, 0.4) is 0 Å². The molecule has 138 valence electrons. The van der Waals surface area contributed by atoms with Crippen molar-refractivity contribution < 1.29 is 4.79 Å². The topological polar surface area (TPSA) is 61.7 Å². The van der Waals surface area contributed by atoms with Gasteiger partial charge in [0, 0.05) is 26.7 Å². The Morgan fingerprint density at radius 2 is 2.00 bits per heavy atom. The fourth-order valence-electron chi connectivity index (χ4n) is 3.23. The minimum Gasteiger partial charge on any atom is -0.376 e. The molecule has 3 rings (SSSR count). The molecule has 0 spiro atoms. The van der Waals surface area contributed by atoms with Crippen molar-refractivity contribution in [2.45, 2.75) is 32.4 Å². The van der Waals surface area contributed by atoms with Gasteiger partial charge < -0.3 is 4.90 Å². The van der Waals surface area contributed by atoms with Crippen LogP contribution in [0.15, 0.2) is 47.4 Å². The van der Waals surface area contributed by atoms with Crippen molar-refractivity contribution in [1.29, 1.82) is 0 Å². The average molecular weight is 355 g/mol. The van der Waals surface area contributed by atoms with Gasteiger partial charge in [-0.25, -0.2) is 9.69 Å². The summed E-state index contributed by atoms with van der Waals surface area (Å²) in [4.78, 5) is 27.1. The fourth-order valence-corrected chi connectivity index (χ4v) is 3.23. The number of amides is 1. The number of carbonyl (C=O) groups excluding carboxylic acids is 1. The van der Waals surface area contributed by atoms with Crippen molar-refractivity contribution in [3.05, 3.63) is 52.9 Å². The molecule has 2 aromatic rings. The van der Waals surface area contributed by atoms with Crippen LogP contribution >= 0.6 is 0 Å². The number of benzene rings is 1. The van der Waals surface area contributed by atoms with E-state index < -0.39 is 0 Å². The molecule has 0 aliphatic carbocycles. The maximum atomic E-state index is 13.0. The van der Waals surface area contributed by atoms with E-state index in [0.717, 1.165) is 30.8 Å². The maximum Gasteiger partial charge on any atom is 0.269 e. The molecule has 1 amide bonds. The van der Waals surface area contributed by atoms with E-state index in [-0.39, 0.29) is 24.1 Å². The lowest BCUT2D eigenvalue weighted by Crippen LogP contribution is -2.56. The van der Waals surface area contributed by atoms with Crippen molar-refractivity contribution in [2.75, 3.05) is 30.5 Å². The van der Waals surface area contributed by atoms with Crippen LogP contribution in [0.4, 0.5) is 11.4 Å². The first-order chi connectivity index (χ1) is 12.5. The minimum absolute atomic E-state index is 0.0692. The van der Waals surface area contributed by atoms with E-state index in [1.807, 2.05) is 61.3 Å². The predicted octanol–water partition coefficient (Wildman–Crippen LogP) is 1.74. The SMILES string of the molecule is C[C@@H]1CCCN(c2ccccc2)N1C(=O)Cn1ncc(N(C)C)cc1=O. The molecule has 1 aliphatic heterocycles. The van der Waals surface area contributed by atoms with Gasteiger partial charge in [0.2, 0.25) is 0 Å². The highest BCUT2D eigenvalue weighted by Gasteiger charge is 2.30. The summed E-state index contributed by atoms with van der Waals surface area (Å²) in [7, 11) is 3.69. The summed E-state index contributed by atoms with van der Waals surface area (Å²) in [6.07, 6.45) is 3.57. The molecule has 0 bridgehead atoms. The molecule has 1 saturated heterocycles. The smallest absolute Gasteiger partial charge is 0.269 e. The third-order valence-corrected chi connectivity index (χ3v) is 4.64. The molecule has 7 nitrogen and oxygen atoms in total. The zero-order valence-corrected chi connectivity index (χ0v) is 15.5. The largest absolute Gasteiger partial charge is 0.376 e. The normalized spacial score (nSPS) is 17.3. The lowest BCUT2D eigenvalue weighted by molar-refractivity contribution is -0.136. The van der Waals surface area contributed by atoms with E-state index in [9.17, 15) is 9.59 Å². The van der Waals surface area contributed by atoms with Crippen LogP contribution in [-0.2, 0) is 11.3 Å². The van der Waals surface area contributed by atoms with Gasteiger partial charge in [0.1, 0.15) is 6.54 Å². The molecular weight excluding hydrogens is 330 g/mol. The zero-order chi connectivity index (χ0) is 18.7. The number of rotatable bonds is 4. The fraction of sp³-hybridized carbons (Fsp3) is 0.421. The summed E-state index contributed by atoms with van der Waals surface area (Å²) in [5.41, 5.74) is 1.42. The molecule has 0 radical (unpaired) electrons. The summed E-state index contributed by atoms with van der Waals surface area (Å²) in [6.45, 7) is 2.75. The number of aromatic nitrogens is 2. The highest BCUT2D eigenvalue weighted by molar-refractivity contribution is 5.78. The van der Waals surface area contributed by atoms with Crippen LogP contribution in [0, 0.1) is 0 Å². The first-order valence-electron chi connectivity index (χ1n) is 8.86. The van der Waals surface area contributed by atoms with E-state index in [1.54, 1.807) is 11.2 Å². The van der Waals surface area contributed by atoms with E-state index in [4.69, 9.17) is 0 Å². The number of hydrazine groups is 1. The molecule has 1 fully saturated rings. The van der Waals surface area contributed by atoms with Crippen LogP contribution in [-0.4, -0.2) is 47.4 Å². The van der Waals surface area contributed by atoms with Crippen LogP contribution in [0.1, 0.15) is 19.8 Å². The second kappa shape index (κ2) is 7.59. The van der Waals surface area contributed by atoms with E-state index >= 15 is 0 Å². The quantitative estimate of drug-likeness (QED) is 0.836. The third kappa shape index (κ3) is 3.71. The zero-order valence-electron chi connectivity index (χ0n) is 15.5. The first kappa shape index (κ1) is 18.0. The molecular formula is C19H25N5O2. The molecule has 1 aromatic carbocycles. The predicted molar refractivity (Wildman–Crippen MR) is 102 cm³/mol. The molecule has 2 heterocycles. The lowest BCUT2D eigenvalue weighted by Gasteiger charge is -2.44. The van der Waals surface area contributed by atoms with Gasteiger partial charge in [-0.3, -0.25) is 14.6 Å². The molecule has 7 heteroatoms. The van der Waals surface area contributed by atoms with Crippen LogP contribution in [0.25, 0.3) is 0 Å². The van der Waals surface area contributed by atoms with E-state index in [2.05, 4.69) is 5.10 Å². The van der Waals surface area contributed by atoms with E-state index in [0.29, 0.717) is 0 Å². The van der Waals surface area contributed by atoms with Crippen LogP contribution < -0.4 is 15.5 Å². The Kier molecular flexibility index (Phi) is 5.25. The average Bonchev–Trinajstić information content (AvgIpc) is 2.63. The molecule has 1 atom stereocenters. The van der Waals surface area contributed by atoms with Gasteiger partial charge in [0.25, 0.3) is 11.5 Å². The highest BCUT2D eigenvalue weighted by atomic mass is 16.2. The van der Waals surface area contributed by atoms with Crippen molar-refractivity contribution in [1.82, 2.24) is 14.8 Å². The van der Waals surface area contributed by atoms with Gasteiger partial charge in [-0.05, 0) is 31.9 Å². The summed E-state index contributed by atoms with van der Waals surface area (Å²) < 4.78 is 1.22. The van der Waals surface area contributed by atoms with Crippen molar-refractivity contribution in [3.8, 4) is 0 Å². The molecule has 1 aromatic heterocycles. The van der Waals surface area contributed by atoms with Gasteiger partial charge in [-0.1, -0.05) is 18.2 Å². The van der Waals surface area contributed by atoms with Gasteiger partial charge >= 0.3 is 0 Å². The Labute approximate surface area is 153 Å². The number of carbonyl (C=O) groups is 1. The Bertz CT molecular complexity index is 818. The van der Waals surface area contributed by atoms with Crippen LogP contribution in [0.2, 0.25) is 0 Å². The Morgan fingerprint density at radius 3 is 2.65 bits per heavy atom. The highest BCUT2D eigenvalue weighted by Crippen LogP contribution is 2.25. The summed E-state index contributed by atoms with van der Waals surface area (Å²) >= 11 is 0. The van der Waals surface area contributed by atoms with Crippen molar-refractivity contribution in [2.24, 2.45) is 0 Å². The lowest BCUT2D eigenvalue weighted by atomic mass is 10.1. The maximum absolute atomic E-state index is 13.0. The van der Waals surface area contributed by atoms with Crippen LogP contribution in [0.5, 0.6) is 0 Å². The minimum atomic E-state index is -0.277. The molecule has 0 N–H and O–H groups in total. The summed E-state index contributed by atoms with van der Waals surface area (Å²) in [5.74, 6) is -0.131. The van der Waals surface area contributed by atoms with Gasteiger partial charge in [-0.2, -0.15) is 5.10 Å². The molecule has 0 unspecified atom stereocenters. The Balaban J connectivity index is 1.83. The number of hydrogen-bond donors (Lipinski definition) is 0. The van der Waals surface area contributed by atoms with Crippen molar-refractivity contribution >= 4 is 17.3 Å². The van der Waals surface area contributed by atoms with Gasteiger partial charge in [0.15, 0.2) is 0 Å². The Morgan fingerprint density at radius 1 is 1.27 bits per heavy atom. The first-order valence-corrected chi connectivity index (χ1v) is 8.86. The monoisotopic (exact) mass is 355 g/mol. The second-order valence-electron chi connectivity index (χ2n) is 6.79. The Hall–Kier alpha value is -2.83. The number of para-hydroxylation sites is 1.